The van der Waals surface area contributed by atoms with E-state index in [1.807, 2.05) is 0 Å². The van der Waals surface area contributed by atoms with Gasteiger partial charge < -0.3 is 15.0 Å². The zero-order valence-electron chi connectivity index (χ0n) is 13.6. The SMILES string of the molecule is CC(C)[C@H](NC(=O)c1ccc(F)cc1)C(=O)OCC(=O)N(C)C. The average Bonchev–Trinajstić information content (AvgIpc) is 2.49. The van der Waals surface area contributed by atoms with Crippen LogP contribution in [-0.2, 0) is 14.3 Å². The Bertz CT molecular complexity index is 570. The molecule has 0 aliphatic rings. The zero-order chi connectivity index (χ0) is 17.6. The maximum Gasteiger partial charge on any atom is 0.329 e. The minimum atomic E-state index is -0.900. The minimum Gasteiger partial charge on any atom is -0.454 e. The highest BCUT2D eigenvalue weighted by atomic mass is 19.1. The second-order valence-corrected chi connectivity index (χ2v) is 5.60. The van der Waals surface area contributed by atoms with E-state index in [-0.39, 0.29) is 24.0 Å². The fourth-order valence-electron chi connectivity index (χ4n) is 1.68. The van der Waals surface area contributed by atoms with Crippen molar-refractivity contribution in [2.45, 2.75) is 19.9 Å². The Labute approximate surface area is 134 Å². The lowest BCUT2D eigenvalue weighted by Crippen LogP contribution is -2.46. The normalized spacial score (nSPS) is 11.7. The van der Waals surface area contributed by atoms with Crippen molar-refractivity contribution in [1.29, 1.82) is 0 Å². The van der Waals surface area contributed by atoms with Gasteiger partial charge >= 0.3 is 5.97 Å². The maximum absolute atomic E-state index is 12.9. The van der Waals surface area contributed by atoms with E-state index in [4.69, 9.17) is 4.74 Å². The van der Waals surface area contributed by atoms with Crippen molar-refractivity contribution in [3.8, 4) is 0 Å². The molecule has 0 saturated carbocycles. The van der Waals surface area contributed by atoms with Gasteiger partial charge in [0.15, 0.2) is 6.61 Å². The molecule has 1 aromatic carbocycles. The van der Waals surface area contributed by atoms with Crippen LogP contribution in [0, 0.1) is 11.7 Å². The largest absolute Gasteiger partial charge is 0.454 e. The van der Waals surface area contributed by atoms with Crippen LogP contribution in [0.25, 0.3) is 0 Å². The molecular formula is C16H21FN2O4. The molecule has 23 heavy (non-hydrogen) atoms. The summed E-state index contributed by atoms with van der Waals surface area (Å²) in [5, 5.41) is 2.54. The van der Waals surface area contributed by atoms with Crippen molar-refractivity contribution in [3.05, 3.63) is 35.6 Å². The predicted molar refractivity (Wildman–Crippen MR) is 82.1 cm³/mol. The summed E-state index contributed by atoms with van der Waals surface area (Å²) in [5.41, 5.74) is 0.231. The smallest absolute Gasteiger partial charge is 0.329 e. The van der Waals surface area contributed by atoms with Gasteiger partial charge in [0.05, 0.1) is 0 Å². The molecule has 6 nitrogen and oxygen atoms in total. The lowest BCUT2D eigenvalue weighted by atomic mass is 10.0. The van der Waals surface area contributed by atoms with Crippen LogP contribution >= 0.6 is 0 Å². The number of carbonyl (C=O) groups excluding carboxylic acids is 3. The summed E-state index contributed by atoms with van der Waals surface area (Å²) >= 11 is 0. The molecule has 0 unspecified atom stereocenters. The molecule has 1 atom stereocenters. The number of nitrogens with zero attached hydrogens (tertiary/aromatic N) is 1. The number of hydrogen-bond acceptors (Lipinski definition) is 4. The maximum atomic E-state index is 12.9. The molecule has 2 amide bonds. The second-order valence-electron chi connectivity index (χ2n) is 5.60. The number of amides is 2. The number of rotatable bonds is 6. The van der Waals surface area contributed by atoms with Crippen LogP contribution in [0.1, 0.15) is 24.2 Å². The molecular weight excluding hydrogens is 303 g/mol. The molecule has 0 radical (unpaired) electrons. The minimum absolute atomic E-state index is 0.231. The molecule has 0 spiro atoms. The first-order valence-corrected chi connectivity index (χ1v) is 7.15. The highest BCUT2D eigenvalue weighted by Gasteiger charge is 2.26. The molecule has 126 valence electrons. The van der Waals surface area contributed by atoms with Crippen molar-refractivity contribution < 1.29 is 23.5 Å². The van der Waals surface area contributed by atoms with Crippen LogP contribution in [-0.4, -0.2) is 49.4 Å². The van der Waals surface area contributed by atoms with E-state index in [1.165, 1.54) is 17.0 Å². The summed E-state index contributed by atoms with van der Waals surface area (Å²) in [4.78, 5) is 36.9. The molecule has 0 aliphatic carbocycles. The fraction of sp³-hybridized carbons (Fsp3) is 0.438. The Morgan fingerprint density at radius 1 is 1.17 bits per heavy atom. The van der Waals surface area contributed by atoms with Crippen molar-refractivity contribution >= 4 is 17.8 Å². The highest BCUT2D eigenvalue weighted by Crippen LogP contribution is 2.08. The number of benzene rings is 1. The van der Waals surface area contributed by atoms with Gasteiger partial charge in [-0.3, -0.25) is 9.59 Å². The molecule has 0 aliphatic heterocycles. The number of carbonyl (C=O) groups is 3. The average molecular weight is 324 g/mol. The lowest BCUT2D eigenvalue weighted by Gasteiger charge is -2.21. The first-order chi connectivity index (χ1) is 10.7. The molecule has 0 bridgehead atoms. The van der Waals surface area contributed by atoms with Gasteiger partial charge in [-0.25, -0.2) is 9.18 Å². The summed E-state index contributed by atoms with van der Waals surface area (Å²) in [6.07, 6.45) is 0. The van der Waals surface area contributed by atoms with Gasteiger partial charge in [0, 0.05) is 19.7 Å². The molecule has 1 rings (SSSR count). The Morgan fingerprint density at radius 2 is 1.74 bits per heavy atom. The van der Waals surface area contributed by atoms with Crippen LogP contribution < -0.4 is 5.32 Å². The number of hydrogen-bond donors (Lipinski definition) is 1. The predicted octanol–water partition coefficient (Wildman–Crippen LogP) is 1.21. The van der Waals surface area contributed by atoms with E-state index >= 15 is 0 Å². The van der Waals surface area contributed by atoms with Crippen molar-refractivity contribution in [1.82, 2.24) is 10.2 Å². The quantitative estimate of drug-likeness (QED) is 0.798. The molecule has 7 heteroatoms. The summed E-state index contributed by atoms with van der Waals surface area (Å²) in [6.45, 7) is 3.09. The van der Waals surface area contributed by atoms with Gasteiger partial charge in [-0.2, -0.15) is 0 Å². The molecule has 0 fully saturated rings. The van der Waals surface area contributed by atoms with Gasteiger partial charge in [-0.15, -0.1) is 0 Å². The third kappa shape index (κ3) is 5.69. The molecule has 0 aromatic heterocycles. The molecule has 0 saturated heterocycles. The van der Waals surface area contributed by atoms with Crippen molar-refractivity contribution in [2.24, 2.45) is 5.92 Å². The first-order valence-electron chi connectivity index (χ1n) is 7.15. The van der Waals surface area contributed by atoms with Crippen molar-refractivity contribution in [3.63, 3.8) is 0 Å². The number of nitrogens with one attached hydrogen (secondary N) is 1. The van der Waals surface area contributed by atoms with E-state index in [0.29, 0.717) is 0 Å². The Hall–Kier alpha value is -2.44. The summed E-state index contributed by atoms with van der Waals surface area (Å²) in [5.74, 6) is -2.25. The Kier molecular flexibility index (Phi) is 6.68. The monoisotopic (exact) mass is 324 g/mol. The third-order valence-electron chi connectivity index (χ3n) is 3.15. The van der Waals surface area contributed by atoms with Gasteiger partial charge in [0.1, 0.15) is 11.9 Å². The van der Waals surface area contributed by atoms with E-state index < -0.39 is 23.7 Å². The Balaban J connectivity index is 2.70. The molecule has 1 N–H and O–H groups in total. The van der Waals surface area contributed by atoms with E-state index in [2.05, 4.69) is 5.32 Å². The number of ether oxygens (including phenoxy) is 1. The number of esters is 1. The van der Waals surface area contributed by atoms with E-state index in [9.17, 15) is 18.8 Å². The molecule has 0 heterocycles. The number of halogens is 1. The third-order valence-corrected chi connectivity index (χ3v) is 3.15. The second kappa shape index (κ2) is 8.26. The Morgan fingerprint density at radius 3 is 2.22 bits per heavy atom. The van der Waals surface area contributed by atoms with Gasteiger partial charge in [0.25, 0.3) is 11.8 Å². The summed E-state index contributed by atoms with van der Waals surface area (Å²) in [7, 11) is 3.10. The topological polar surface area (TPSA) is 75.7 Å². The first kappa shape index (κ1) is 18.6. The fourth-order valence-corrected chi connectivity index (χ4v) is 1.68. The van der Waals surface area contributed by atoms with Gasteiger partial charge in [0.2, 0.25) is 0 Å². The standard InChI is InChI=1S/C16H21FN2O4/c1-10(2)14(16(22)23-9-13(20)19(3)4)18-15(21)11-5-7-12(17)8-6-11/h5-8,10,14H,9H2,1-4H3,(H,18,21)/t14-/m0/s1. The molecule has 1 aromatic rings. The van der Waals surface area contributed by atoms with Gasteiger partial charge in [-0.1, -0.05) is 13.8 Å². The van der Waals surface area contributed by atoms with Crippen LogP contribution in [0.3, 0.4) is 0 Å². The van der Waals surface area contributed by atoms with Crippen LogP contribution in [0.2, 0.25) is 0 Å². The number of likely N-dealkylation sites (N-methyl/N-ethyl adjacent to an activating group) is 1. The lowest BCUT2D eigenvalue weighted by molar-refractivity contribution is -0.153. The van der Waals surface area contributed by atoms with Crippen LogP contribution in [0.4, 0.5) is 4.39 Å². The highest BCUT2D eigenvalue weighted by molar-refractivity contribution is 5.97. The van der Waals surface area contributed by atoms with E-state index in [0.717, 1.165) is 12.1 Å². The summed E-state index contributed by atoms with van der Waals surface area (Å²) < 4.78 is 17.8. The zero-order valence-corrected chi connectivity index (χ0v) is 13.6. The summed E-state index contributed by atoms with van der Waals surface area (Å²) in [6, 6.07) is 4.06. The van der Waals surface area contributed by atoms with Gasteiger partial charge in [-0.05, 0) is 30.2 Å². The van der Waals surface area contributed by atoms with Crippen LogP contribution in [0.5, 0.6) is 0 Å². The van der Waals surface area contributed by atoms with Crippen LogP contribution in [0.15, 0.2) is 24.3 Å². The van der Waals surface area contributed by atoms with Crippen molar-refractivity contribution in [2.75, 3.05) is 20.7 Å². The van der Waals surface area contributed by atoms with E-state index in [1.54, 1.807) is 27.9 Å².